The number of hydrogen-bond donors (Lipinski definition) is 1. The van der Waals surface area contributed by atoms with E-state index in [0.717, 1.165) is 23.3 Å². The minimum atomic E-state index is -1.77. The molecule has 2 aliphatic rings. The highest BCUT2D eigenvalue weighted by molar-refractivity contribution is 5.98. The molecule has 49 heavy (non-hydrogen) atoms. The van der Waals surface area contributed by atoms with Crippen LogP contribution in [0.1, 0.15) is 26.7 Å². The molecule has 1 amide bonds. The number of nitrogen functional groups attached to an aromatic ring is 1. The maximum atomic E-state index is 15.5. The quantitative estimate of drug-likeness (QED) is 0.0895. The maximum Gasteiger partial charge on any atom is 0.246 e. The number of carbonyl (C=O) groups excluding carboxylic acids is 1. The van der Waals surface area contributed by atoms with E-state index in [4.69, 9.17) is 10.5 Å². The molecule has 1 fully saturated rings. The van der Waals surface area contributed by atoms with E-state index < -0.39 is 52.2 Å². The standard InChI is InChI=1S/C35H30F6N6O2/c1-19(20-11-13-46(17-20)27(48)9-6-21-5-3-4-12-35(21,2)41)10-14-47-34-28(33(42)43-18-44-34)31(45-47)23-8-7-22(15-24(23)36)49-32-29(39)25(37)16-26(38)30(32)40/h3-9,12,15-16,18,21H,10-11,13-14,17H2,1-2H3,(H2,42,43,44)/b9-6+,20-19+. The molecule has 14 heteroatoms. The normalized spacial score (nSPS) is 20.2. The molecule has 2 unspecified atom stereocenters. The van der Waals surface area contributed by atoms with Gasteiger partial charge in [-0.2, -0.15) is 13.9 Å². The van der Waals surface area contributed by atoms with Gasteiger partial charge in [0.15, 0.2) is 17.3 Å². The first-order chi connectivity index (χ1) is 23.3. The van der Waals surface area contributed by atoms with Gasteiger partial charge in [-0.05, 0) is 51.0 Å². The van der Waals surface area contributed by atoms with Crippen LogP contribution >= 0.6 is 0 Å². The number of benzene rings is 2. The van der Waals surface area contributed by atoms with Crippen LogP contribution in [0.5, 0.6) is 11.5 Å². The number of likely N-dealkylation sites (tertiary alicyclic amines) is 1. The predicted octanol–water partition coefficient (Wildman–Crippen LogP) is 7.53. The van der Waals surface area contributed by atoms with Gasteiger partial charge in [-0.1, -0.05) is 35.5 Å². The molecule has 1 saturated heterocycles. The molecule has 0 bridgehead atoms. The summed E-state index contributed by atoms with van der Waals surface area (Å²) in [5, 5.41) is 4.83. The zero-order valence-electron chi connectivity index (χ0n) is 26.4. The van der Waals surface area contributed by atoms with Crippen LogP contribution in [0.4, 0.5) is 32.2 Å². The minimum absolute atomic E-state index is 0.0336. The second-order valence-corrected chi connectivity index (χ2v) is 12.0. The number of nitrogens with two attached hydrogens (primary N) is 1. The highest BCUT2D eigenvalue weighted by Gasteiger charge is 2.30. The molecule has 0 radical (unpaired) electrons. The fourth-order valence-corrected chi connectivity index (χ4v) is 5.80. The number of aromatic nitrogens is 4. The van der Waals surface area contributed by atoms with Crippen molar-refractivity contribution in [1.82, 2.24) is 24.6 Å². The first kappa shape index (κ1) is 33.5. The van der Waals surface area contributed by atoms with Gasteiger partial charge in [-0.25, -0.2) is 32.2 Å². The van der Waals surface area contributed by atoms with Crippen molar-refractivity contribution < 1.29 is 35.9 Å². The number of rotatable bonds is 8. The highest BCUT2D eigenvalue weighted by Crippen LogP contribution is 2.36. The summed E-state index contributed by atoms with van der Waals surface area (Å²) in [6.07, 6.45) is 12.0. The Balaban J connectivity index is 1.19. The van der Waals surface area contributed by atoms with Gasteiger partial charge in [-0.15, -0.1) is 0 Å². The van der Waals surface area contributed by atoms with Gasteiger partial charge in [0.1, 0.15) is 35.1 Å². The molecule has 0 spiro atoms. The summed E-state index contributed by atoms with van der Waals surface area (Å²) in [5.41, 5.74) is 7.05. The lowest BCUT2D eigenvalue weighted by molar-refractivity contribution is -0.124. The second kappa shape index (κ2) is 13.2. The largest absolute Gasteiger partial charge is 0.451 e. The Morgan fingerprint density at radius 2 is 1.84 bits per heavy atom. The van der Waals surface area contributed by atoms with E-state index in [1.807, 2.05) is 6.92 Å². The van der Waals surface area contributed by atoms with Crippen molar-refractivity contribution in [2.75, 3.05) is 18.8 Å². The molecule has 2 atom stereocenters. The molecule has 4 aromatic rings. The lowest BCUT2D eigenvalue weighted by atomic mass is 9.87. The summed E-state index contributed by atoms with van der Waals surface area (Å²) in [4.78, 5) is 22.9. The molecular formula is C35H30F6N6O2. The van der Waals surface area contributed by atoms with Crippen LogP contribution in [0.3, 0.4) is 0 Å². The monoisotopic (exact) mass is 680 g/mol. The van der Waals surface area contributed by atoms with E-state index in [1.54, 1.807) is 33.9 Å². The van der Waals surface area contributed by atoms with Gasteiger partial charge in [0.05, 0.1) is 5.39 Å². The minimum Gasteiger partial charge on any atom is -0.451 e. The third-order valence-corrected chi connectivity index (χ3v) is 8.67. The van der Waals surface area contributed by atoms with Crippen molar-refractivity contribution in [1.29, 1.82) is 0 Å². The SMILES string of the molecule is C/C(CCn1nc(-c2ccc(Oc3c(F)c(F)cc(F)c3F)cc2F)c2c(N)ncnc21)=C1/CCN(C(=O)/C=C/C2C=CC=CC2(C)F)C1. The zero-order chi connectivity index (χ0) is 35.0. The van der Waals surface area contributed by atoms with Gasteiger partial charge in [0.25, 0.3) is 0 Å². The predicted molar refractivity (Wildman–Crippen MR) is 170 cm³/mol. The zero-order valence-corrected chi connectivity index (χ0v) is 26.4. The van der Waals surface area contributed by atoms with Crippen molar-refractivity contribution in [2.24, 2.45) is 5.92 Å². The number of ether oxygens (including phenoxy) is 1. The van der Waals surface area contributed by atoms with E-state index in [9.17, 15) is 26.7 Å². The molecule has 1 aliphatic heterocycles. The number of fused-ring (bicyclic) bond motifs is 1. The first-order valence-corrected chi connectivity index (χ1v) is 15.3. The summed E-state index contributed by atoms with van der Waals surface area (Å²) < 4.78 is 92.2. The van der Waals surface area contributed by atoms with Crippen LogP contribution in [0.2, 0.25) is 0 Å². The van der Waals surface area contributed by atoms with E-state index in [0.29, 0.717) is 38.1 Å². The van der Waals surface area contributed by atoms with Crippen LogP contribution in [0, 0.1) is 35.0 Å². The third-order valence-electron chi connectivity index (χ3n) is 8.67. The molecule has 6 rings (SSSR count). The lowest BCUT2D eigenvalue weighted by Crippen LogP contribution is -2.28. The van der Waals surface area contributed by atoms with E-state index >= 15 is 4.39 Å². The van der Waals surface area contributed by atoms with Crippen LogP contribution in [0.15, 0.2) is 78.2 Å². The number of anilines is 1. The molecule has 3 heterocycles. The molecular weight excluding hydrogens is 650 g/mol. The van der Waals surface area contributed by atoms with Crippen molar-refractivity contribution in [2.45, 2.75) is 38.9 Å². The number of allylic oxidation sites excluding steroid dienone is 6. The number of carbonyl (C=O) groups is 1. The molecule has 2 aromatic heterocycles. The topological polar surface area (TPSA) is 99.2 Å². The Morgan fingerprint density at radius 1 is 1.08 bits per heavy atom. The molecule has 254 valence electrons. The van der Waals surface area contributed by atoms with Crippen molar-refractivity contribution in [3.8, 4) is 22.8 Å². The number of aryl methyl sites for hydroxylation is 1. The Bertz CT molecular complexity index is 2060. The molecule has 0 saturated carbocycles. The van der Waals surface area contributed by atoms with Gasteiger partial charge in [-0.3, -0.25) is 4.79 Å². The Labute approximate surface area is 276 Å². The average molecular weight is 681 g/mol. The lowest BCUT2D eigenvalue weighted by Gasteiger charge is -2.24. The number of hydrogen-bond acceptors (Lipinski definition) is 6. The van der Waals surface area contributed by atoms with Crippen LogP contribution < -0.4 is 10.5 Å². The summed E-state index contributed by atoms with van der Waals surface area (Å²) in [6, 6.07) is 3.20. The summed E-state index contributed by atoms with van der Waals surface area (Å²) in [7, 11) is 0. The number of alkyl halides is 1. The summed E-state index contributed by atoms with van der Waals surface area (Å²) in [5.74, 6) is -10.3. The average Bonchev–Trinajstić information content (AvgIpc) is 3.71. The molecule has 1 aliphatic carbocycles. The number of nitrogens with zero attached hydrogens (tertiary/aromatic N) is 5. The number of amides is 1. The molecule has 2 aromatic carbocycles. The van der Waals surface area contributed by atoms with Gasteiger partial charge in [0.2, 0.25) is 23.3 Å². The Kier molecular flexibility index (Phi) is 9.06. The molecule has 8 nitrogen and oxygen atoms in total. The molecule has 2 N–H and O–H groups in total. The summed E-state index contributed by atoms with van der Waals surface area (Å²) >= 11 is 0. The fraction of sp³-hybridized carbons (Fsp3) is 0.257. The Hall–Kier alpha value is -5.40. The second-order valence-electron chi connectivity index (χ2n) is 12.0. The number of halogens is 6. The third kappa shape index (κ3) is 6.67. The van der Waals surface area contributed by atoms with Gasteiger partial charge in [0, 0.05) is 43.2 Å². The van der Waals surface area contributed by atoms with Gasteiger partial charge < -0.3 is 15.4 Å². The van der Waals surface area contributed by atoms with Crippen molar-refractivity contribution in [3.63, 3.8) is 0 Å². The van der Waals surface area contributed by atoms with Crippen LogP contribution in [0.25, 0.3) is 22.3 Å². The van der Waals surface area contributed by atoms with E-state index in [2.05, 4.69) is 15.1 Å². The van der Waals surface area contributed by atoms with E-state index in [1.165, 1.54) is 31.5 Å². The van der Waals surface area contributed by atoms with E-state index in [-0.39, 0.29) is 34.4 Å². The van der Waals surface area contributed by atoms with Crippen LogP contribution in [-0.4, -0.2) is 49.3 Å². The summed E-state index contributed by atoms with van der Waals surface area (Å²) in [6.45, 7) is 4.69. The van der Waals surface area contributed by atoms with Crippen LogP contribution in [-0.2, 0) is 11.3 Å². The maximum absolute atomic E-state index is 15.5. The smallest absolute Gasteiger partial charge is 0.246 e. The van der Waals surface area contributed by atoms with Crippen molar-refractivity contribution in [3.05, 3.63) is 107 Å². The first-order valence-electron chi connectivity index (χ1n) is 15.3. The Morgan fingerprint density at radius 3 is 2.55 bits per heavy atom. The highest BCUT2D eigenvalue weighted by atomic mass is 19.2. The fourth-order valence-electron chi connectivity index (χ4n) is 5.80. The van der Waals surface area contributed by atoms with Crippen molar-refractivity contribution >= 4 is 22.8 Å². The van der Waals surface area contributed by atoms with Gasteiger partial charge >= 0.3 is 0 Å².